The summed E-state index contributed by atoms with van der Waals surface area (Å²) in [6.45, 7) is 5.47. The maximum atomic E-state index is 13.0. The third kappa shape index (κ3) is 13.7. The van der Waals surface area contributed by atoms with Crippen molar-refractivity contribution < 1.29 is 9.53 Å². The summed E-state index contributed by atoms with van der Waals surface area (Å²) in [6.07, 6.45) is 21.0. The van der Waals surface area contributed by atoms with Crippen molar-refractivity contribution in [3.63, 3.8) is 0 Å². The van der Waals surface area contributed by atoms with Crippen molar-refractivity contribution in [1.29, 1.82) is 0 Å². The quantitative estimate of drug-likeness (QED) is 0.118. The van der Waals surface area contributed by atoms with Crippen LogP contribution in [0.15, 0.2) is 73.1 Å². The van der Waals surface area contributed by atoms with Crippen molar-refractivity contribution in [3.8, 4) is 5.75 Å². The van der Waals surface area contributed by atoms with E-state index in [4.69, 9.17) is 4.74 Å². The van der Waals surface area contributed by atoms with Crippen molar-refractivity contribution in [2.24, 2.45) is 0 Å². The van der Waals surface area contributed by atoms with Gasteiger partial charge in [-0.3, -0.25) is 9.78 Å². The summed E-state index contributed by atoms with van der Waals surface area (Å²) >= 11 is 0. The lowest BCUT2D eigenvalue weighted by atomic mass is 10.1. The minimum atomic E-state index is 0. The van der Waals surface area contributed by atoms with Gasteiger partial charge in [-0.1, -0.05) is 115 Å². The predicted octanol–water partition coefficient (Wildman–Crippen LogP) is 10.3. The average Bonchev–Trinajstić information content (AvgIpc) is 2.99. The highest BCUT2D eigenvalue weighted by molar-refractivity contribution is 8.93. The number of unbranched alkanes of at least 4 members (excludes halogenated alkanes) is 11. The van der Waals surface area contributed by atoms with E-state index >= 15 is 0 Å². The van der Waals surface area contributed by atoms with Gasteiger partial charge in [-0.25, -0.2) is 0 Å². The fourth-order valence-corrected chi connectivity index (χ4v) is 5.14. The number of hydrogen-bond acceptors (Lipinski definition) is 3. The van der Waals surface area contributed by atoms with Gasteiger partial charge in [0.05, 0.1) is 13.2 Å². The normalized spacial score (nSPS) is 10.7. The van der Waals surface area contributed by atoms with Gasteiger partial charge in [0.15, 0.2) is 0 Å². The monoisotopic (exact) mass is 622 g/mol. The highest BCUT2D eigenvalue weighted by Crippen LogP contribution is 2.23. The second-order valence-corrected chi connectivity index (χ2v) is 10.9. The molecule has 41 heavy (non-hydrogen) atoms. The Kier molecular flexibility index (Phi) is 17.8. The molecule has 0 radical (unpaired) electrons. The van der Waals surface area contributed by atoms with Crippen LogP contribution in [-0.4, -0.2) is 17.5 Å². The SMILES string of the molecule is Br.CCCCCCCCCCCCCCOc1cccc(CN(C(=O)CC)c2cccc(Cc3cccnc3)c2)c1. The number of pyridine rings is 1. The van der Waals surface area contributed by atoms with Crippen molar-refractivity contribution in [2.75, 3.05) is 11.5 Å². The molecular weight excluding hydrogens is 572 g/mol. The van der Waals surface area contributed by atoms with E-state index in [1.54, 1.807) is 6.20 Å². The first-order valence-electron chi connectivity index (χ1n) is 15.7. The Hall–Kier alpha value is -2.66. The Labute approximate surface area is 259 Å². The molecule has 1 amide bonds. The van der Waals surface area contributed by atoms with Crippen LogP contribution < -0.4 is 9.64 Å². The number of ether oxygens (including phenoxy) is 1. The number of aromatic nitrogens is 1. The van der Waals surface area contributed by atoms with E-state index in [2.05, 4.69) is 42.2 Å². The highest BCUT2D eigenvalue weighted by Gasteiger charge is 2.15. The van der Waals surface area contributed by atoms with Crippen LogP contribution in [0, 0.1) is 0 Å². The molecule has 3 rings (SSSR count). The van der Waals surface area contributed by atoms with Crippen LogP contribution in [0.3, 0.4) is 0 Å². The van der Waals surface area contributed by atoms with Crippen LogP contribution in [0.2, 0.25) is 0 Å². The number of rotatable bonds is 20. The molecule has 0 spiro atoms. The van der Waals surface area contributed by atoms with Crippen LogP contribution in [-0.2, 0) is 17.8 Å². The van der Waals surface area contributed by atoms with E-state index in [1.807, 2.05) is 48.4 Å². The number of nitrogens with zero attached hydrogens (tertiary/aromatic N) is 2. The molecule has 0 fully saturated rings. The molecule has 5 heteroatoms. The Morgan fingerprint density at radius 1 is 0.732 bits per heavy atom. The molecule has 0 atom stereocenters. The van der Waals surface area contributed by atoms with Gasteiger partial charge in [-0.05, 0) is 59.9 Å². The van der Waals surface area contributed by atoms with Gasteiger partial charge in [-0.2, -0.15) is 0 Å². The Morgan fingerprint density at radius 2 is 1.37 bits per heavy atom. The summed E-state index contributed by atoms with van der Waals surface area (Å²) in [4.78, 5) is 19.1. The summed E-state index contributed by atoms with van der Waals surface area (Å²) in [5.74, 6) is 0.996. The molecule has 0 saturated carbocycles. The molecule has 1 heterocycles. The molecule has 0 aliphatic carbocycles. The fraction of sp³-hybridized carbons (Fsp3) is 0.500. The van der Waals surface area contributed by atoms with Gasteiger partial charge in [0, 0.05) is 24.5 Å². The van der Waals surface area contributed by atoms with E-state index in [0.29, 0.717) is 13.0 Å². The number of hydrogen-bond donors (Lipinski definition) is 0. The van der Waals surface area contributed by atoms with Gasteiger partial charge >= 0.3 is 0 Å². The van der Waals surface area contributed by atoms with Gasteiger partial charge in [-0.15, -0.1) is 17.0 Å². The zero-order chi connectivity index (χ0) is 28.3. The van der Waals surface area contributed by atoms with Gasteiger partial charge in [0.1, 0.15) is 5.75 Å². The minimum absolute atomic E-state index is 0. The van der Waals surface area contributed by atoms with Crippen LogP contribution in [0.5, 0.6) is 5.75 Å². The van der Waals surface area contributed by atoms with Crippen LogP contribution in [0.4, 0.5) is 5.69 Å². The van der Waals surface area contributed by atoms with E-state index in [0.717, 1.165) is 42.0 Å². The first-order chi connectivity index (χ1) is 19.7. The first-order valence-corrected chi connectivity index (χ1v) is 15.7. The van der Waals surface area contributed by atoms with Gasteiger partial charge in [0.25, 0.3) is 0 Å². The molecule has 0 aliphatic rings. The molecule has 0 saturated heterocycles. The Bertz CT molecular complexity index is 1110. The van der Waals surface area contributed by atoms with Crippen LogP contribution in [0.25, 0.3) is 0 Å². The zero-order valence-corrected chi connectivity index (χ0v) is 27.1. The standard InChI is InChI=1S/C36H50N2O2.BrH/c1-3-5-6-7-8-9-10-11-12-13-14-15-25-40-35-23-17-20-33(28-35)30-38(36(39)4-2)34-22-16-19-31(27-34)26-32-21-18-24-37-29-32;/h16-24,27-29H,3-15,25-26,30H2,1-2H3;1H. The van der Waals surface area contributed by atoms with Gasteiger partial charge < -0.3 is 9.64 Å². The highest BCUT2D eigenvalue weighted by atomic mass is 79.9. The lowest BCUT2D eigenvalue weighted by molar-refractivity contribution is -0.118. The first kappa shape index (κ1) is 34.5. The molecule has 4 nitrogen and oxygen atoms in total. The maximum absolute atomic E-state index is 13.0. The fourth-order valence-electron chi connectivity index (χ4n) is 5.14. The topological polar surface area (TPSA) is 42.4 Å². The predicted molar refractivity (Wildman–Crippen MR) is 178 cm³/mol. The largest absolute Gasteiger partial charge is 0.494 e. The second-order valence-electron chi connectivity index (χ2n) is 10.9. The number of carbonyl (C=O) groups is 1. The molecule has 0 bridgehead atoms. The molecule has 224 valence electrons. The Morgan fingerprint density at radius 3 is 2.02 bits per heavy atom. The van der Waals surface area contributed by atoms with Crippen LogP contribution in [0.1, 0.15) is 114 Å². The van der Waals surface area contributed by atoms with E-state index in [-0.39, 0.29) is 22.9 Å². The number of halogens is 1. The van der Waals surface area contributed by atoms with Crippen molar-refractivity contribution in [1.82, 2.24) is 4.98 Å². The van der Waals surface area contributed by atoms with E-state index in [1.165, 1.54) is 76.2 Å². The second kappa shape index (κ2) is 21.1. The van der Waals surface area contributed by atoms with Gasteiger partial charge in [0.2, 0.25) is 5.91 Å². The molecule has 3 aromatic rings. The summed E-state index contributed by atoms with van der Waals surface area (Å²) in [6, 6.07) is 20.5. The number of benzene rings is 2. The summed E-state index contributed by atoms with van der Waals surface area (Å²) < 4.78 is 6.09. The molecule has 2 aromatic carbocycles. The average molecular weight is 624 g/mol. The number of carbonyl (C=O) groups excluding carboxylic acids is 1. The van der Waals surface area contributed by atoms with Crippen LogP contribution >= 0.6 is 17.0 Å². The summed E-state index contributed by atoms with van der Waals surface area (Å²) in [5.41, 5.74) is 4.33. The van der Waals surface area contributed by atoms with Crippen molar-refractivity contribution >= 4 is 28.6 Å². The summed E-state index contributed by atoms with van der Waals surface area (Å²) in [5, 5.41) is 0. The zero-order valence-electron chi connectivity index (χ0n) is 25.4. The third-order valence-corrected chi connectivity index (χ3v) is 7.46. The molecule has 0 aliphatic heterocycles. The molecule has 0 N–H and O–H groups in total. The molecule has 0 unspecified atom stereocenters. The maximum Gasteiger partial charge on any atom is 0.227 e. The van der Waals surface area contributed by atoms with E-state index in [9.17, 15) is 4.79 Å². The molecule has 1 aromatic heterocycles. The van der Waals surface area contributed by atoms with E-state index < -0.39 is 0 Å². The minimum Gasteiger partial charge on any atom is -0.494 e. The molecular formula is C36H51BrN2O2. The smallest absolute Gasteiger partial charge is 0.227 e. The third-order valence-electron chi connectivity index (χ3n) is 7.46. The summed E-state index contributed by atoms with van der Waals surface area (Å²) in [7, 11) is 0. The lowest BCUT2D eigenvalue weighted by Gasteiger charge is -2.23. The van der Waals surface area contributed by atoms with Crippen molar-refractivity contribution in [2.45, 2.75) is 110 Å². The number of anilines is 1. The van der Waals surface area contributed by atoms with Crippen molar-refractivity contribution in [3.05, 3.63) is 89.7 Å². The number of amides is 1. The lowest BCUT2D eigenvalue weighted by Crippen LogP contribution is -2.29. The Balaban J connectivity index is 0.00000588.